The third-order valence-electron chi connectivity index (χ3n) is 8.04. The van der Waals surface area contributed by atoms with Crippen molar-refractivity contribution in [1.82, 2.24) is 0 Å². The zero-order valence-electron chi connectivity index (χ0n) is 33.6. The summed E-state index contributed by atoms with van der Waals surface area (Å²) in [4.78, 5) is 0. The summed E-state index contributed by atoms with van der Waals surface area (Å²) in [6, 6.07) is 22.7. The Morgan fingerprint density at radius 2 is 1.00 bits per heavy atom. The molecular formula is C42H26O. The highest BCUT2D eigenvalue weighted by molar-refractivity contribution is 6.22. The molecule has 0 aliphatic carbocycles. The van der Waals surface area contributed by atoms with Crippen LogP contribution in [0.25, 0.3) is 87.6 Å². The Hall–Kier alpha value is -5.66. The fraction of sp³-hybridized carbons (Fsp3) is 0. The van der Waals surface area contributed by atoms with Gasteiger partial charge in [0.1, 0.15) is 11.2 Å². The molecule has 1 heterocycles. The summed E-state index contributed by atoms with van der Waals surface area (Å²) in [6.07, 6.45) is 0. The van der Waals surface area contributed by atoms with Gasteiger partial charge in [0.25, 0.3) is 0 Å². The Kier molecular flexibility index (Phi) is 3.41. The van der Waals surface area contributed by atoms with Crippen LogP contribution in [0.15, 0.2) is 162 Å². The van der Waals surface area contributed by atoms with Crippen molar-refractivity contribution in [3.63, 3.8) is 0 Å². The van der Waals surface area contributed by atoms with E-state index in [1.165, 1.54) is 0 Å². The summed E-state index contributed by atoms with van der Waals surface area (Å²) in [7, 11) is 0. The molecule has 0 radical (unpaired) electrons. The van der Waals surface area contributed by atoms with Gasteiger partial charge in [-0.1, -0.05) is 127 Å². The largest absolute Gasteiger partial charge is 0.456 e. The molecule has 8 aromatic carbocycles. The van der Waals surface area contributed by atoms with Gasteiger partial charge >= 0.3 is 0 Å². The van der Waals surface area contributed by atoms with E-state index < -0.39 is 60.4 Å². The summed E-state index contributed by atoms with van der Waals surface area (Å²) in [6.45, 7) is 0. The number of hydrogen-bond acceptors (Lipinski definition) is 1. The Bertz CT molecular complexity index is 3040. The second-order valence-electron chi connectivity index (χ2n) is 10.4. The molecule has 0 atom stereocenters. The topological polar surface area (TPSA) is 13.1 Å². The van der Waals surface area contributed by atoms with Gasteiger partial charge in [0, 0.05) is 10.8 Å². The van der Waals surface area contributed by atoms with E-state index in [9.17, 15) is 2.74 Å². The van der Waals surface area contributed by atoms with Crippen molar-refractivity contribution < 1.29 is 19.5 Å². The molecule has 0 aliphatic heterocycles. The highest BCUT2D eigenvalue weighted by atomic mass is 16.3. The lowest BCUT2D eigenvalue weighted by Gasteiger charge is -2.19. The molecule has 43 heavy (non-hydrogen) atoms. The number of fused-ring (bicyclic) bond motifs is 6. The van der Waals surface area contributed by atoms with Crippen molar-refractivity contribution >= 4 is 54.3 Å². The maximum atomic E-state index is 9.81. The summed E-state index contributed by atoms with van der Waals surface area (Å²) < 4.78 is 103. The van der Waals surface area contributed by atoms with E-state index in [0.29, 0.717) is 21.9 Å². The standard InChI is InChI=1S/C42H26O/c1-2-12-27(13-3-1)38-25-30(24-28-14-4-5-15-31(28)38)42-36-19-8-6-17-34(36)41(35-18-7-9-20-37(35)42)29-22-23-33-32-16-10-11-21-39(32)43-40(33)26-29/h1-26H/i1D,2D,3D,4D,5D,12D,13D,14D,15D,24D,25D. The third-order valence-corrected chi connectivity index (χ3v) is 8.04. The lowest BCUT2D eigenvalue weighted by atomic mass is 9.84. The third kappa shape index (κ3) is 3.72. The van der Waals surface area contributed by atoms with Crippen molar-refractivity contribution in [1.29, 1.82) is 0 Å². The first-order chi connectivity index (χ1) is 25.9. The molecule has 1 heteroatoms. The normalized spacial score (nSPS) is 15.3. The van der Waals surface area contributed by atoms with Crippen LogP contribution in [0, 0.1) is 0 Å². The van der Waals surface area contributed by atoms with Gasteiger partial charge in [-0.05, 0) is 96.0 Å². The highest BCUT2D eigenvalue weighted by Gasteiger charge is 2.19. The zero-order valence-corrected chi connectivity index (χ0v) is 22.6. The van der Waals surface area contributed by atoms with Crippen LogP contribution in [0.2, 0.25) is 0 Å². The Balaban J connectivity index is 1.47. The smallest absolute Gasteiger partial charge is 0.136 e. The van der Waals surface area contributed by atoms with Crippen molar-refractivity contribution in [2.75, 3.05) is 0 Å². The molecule has 0 saturated carbocycles. The fourth-order valence-corrected chi connectivity index (χ4v) is 6.22. The van der Waals surface area contributed by atoms with Gasteiger partial charge in [-0.15, -0.1) is 0 Å². The van der Waals surface area contributed by atoms with E-state index in [1.54, 1.807) is 0 Å². The monoisotopic (exact) mass is 557 g/mol. The number of furan rings is 1. The van der Waals surface area contributed by atoms with Crippen molar-refractivity contribution in [2.45, 2.75) is 0 Å². The molecule has 0 saturated heterocycles. The zero-order chi connectivity index (χ0) is 37.9. The van der Waals surface area contributed by atoms with Gasteiger partial charge in [-0.2, -0.15) is 0 Å². The predicted molar refractivity (Wildman–Crippen MR) is 183 cm³/mol. The summed E-state index contributed by atoms with van der Waals surface area (Å²) in [5.41, 5.74) is 3.00. The molecule has 0 amide bonds. The first-order valence-corrected chi connectivity index (χ1v) is 13.9. The maximum absolute atomic E-state index is 9.81. The van der Waals surface area contributed by atoms with Crippen LogP contribution in [0.5, 0.6) is 0 Å². The SMILES string of the molecule is [2H]c1c([2H])c([2H])c(-c2c([2H])c(-c3c4ccccc4c(-c4ccc5c(c4)oc4ccccc45)c4ccccc34)c([2H])c3c([2H])c([2H])c([2H])c([2H])c23)c([2H])c1[2H]. The first kappa shape index (κ1) is 15.5. The highest BCUT2D eigenvalue weighted by Crippen LogP contribution is 2.46. The summed E-state index contributed by atoms with van der Waals surface area (Å²) >= 11 is 0. The van der Waals surface area contributed by atoms with E-state index in [4.69, 9.17) is 16.8 Å². The molecular weight excluding hydrogens is 520 g/mol. The molecule has 9 aromatic rings. The maximum Gasteiger partial charge on any atom is 0.136 e. The van der Waals surface area contributed by atoms with Crippen LogP contribution in [0.1, 0.15) is 15.1 Å². The second-order valence-corrected chi connectivity index (χ2v) is 10.4. The summed E-state index contributed by atoms with van der Waals surface area (Å²) in [5, 5.41) is 4.33. The number of rotatable bonds is 3. The molecule has 0 unspecified atom stereocenters. The minimum atomic E-state index is -0.655. The first-order valence-electron chi connectivity index (χ1n) is 19.4. The van der Waals surface area contributed by atoms with Crippen LogP contribution in [-0.4, -0.2) is 0 Å². The number of para-hydroxylation sites is 1. The number of benzene rings is 8. The number of hydrogen-bond donors (Lipinski definition) is 0. The quantitative estimate of drug-likeness (QED) is 0.197. The van der Waals surface area contributed by atoms with E-state index in [-0.39, 0.29) is 33.5 Å². The van der Waals surface area contributed by atoms with Crippen LogP contribution in [-0.2, 0) is 0 Å². The van der Waals surface area contributed by atoms with E-state index in [0.717, 1.165) is 38.3 Å². The van der Waals surface area contributed by atoms with Crippen LogP contribution in [0.4, 0.5) is 0 Å². The Morgan fingerprint density at radius 1 is 0.419 bits per heavy atom. The van der Waals surface area contributed by atoms with Gasteiger partial charge < -0.3 is 4.42 Å². The van der Waals surface area contributed by atoms with Gasteiger partial charge in [0.05, 0.1) is 15.1 Å². The van der Waals surface area contributed by atoms with Gasteiger partial charge in [0.15, 0.2) is 0 Å². The molecule has 0 N–H and O–H groups in total. The summed E-state index contributed by atoms with van der Waals surface area (Å²) in [5.74, 6) is 0. The molecule has 9 rings (SSSR count). The molecule has 0 fully saturated rings. The van der Waals surface area contributed by atoms with Crippen molar-refractivity contribution in [2.24, 2.45) is 0 Å². The van der Waals surface area contributed by atoms with Crippen molar-refractivity contribution in [3.8, 4) is 33.4 Å². The molecule has 1 aromatic heterocycles. The van der Waals surface area contributed by atoms with Crippen molar-refractivity contribution in [3.05, 3.63) is 157 Å². The van der Waals surface area contributed by atoms with Crippen LogP contribution < -0.4 is 0 Å². The van der Waals surface area contributed by atoms with E-state index >= 15 is 0 Å². The van der Waals surface area contributed by atoms with Crippen LogP contribution >= 0.6 is 0 Å². The van der Waals surface area contributed by atoms with Crippen LogP contribution in [0.3, 0.4) is 0 Å². The van der Waals surface area contributed by atoms with E-state index in [1.807, 2.05) is 91.0 Å². The van der Waals surface area contributed by atoms with E-state index in [2.05, 4.69) is 0 Å². The molecule has 0 bridgehead atoms. The Morgan fingerprint density at radius 3 is 1.72 bits per heavy atom. The minimum Gasteiger partial charge on any atom is -0.456 e. The van der Waals surface area contributed by atoms with Gasteiger partial charge in [-0.3, -0.25) is 0 Å². The fourth-order valence-electron chi connectivity index (χ4n) is 6.22. The van der Waals surface area contributed by atoms with Gasteiger partial charge in [0.2, 0.25) is 0 Å². The lowest BCUT2D eigenvalue weighted by Crippen LogP contribution is -1.92. The second kappa shape index (κ2) is 9.44. The predicted octanol–water partition coefficient (Wildman–Crippen LogP) is 12.0. The average Bonchev–Trinajstić information content (AvgIpc) is 3.56. The van der Waals surface area contributed by atoms with Gasteiger partial charge in [-0.25, -0.2) is 0 Å². The lowest BCUT2D eigenvalue weighted by molar-refractivity contribution is 0.669. The molecule has 0 spiro atoms. The minimum absolute atomic E-state index is 0.000952. The average molecular weight is 558 g/mol. The molecule has 1 nitrogen and oxygen atoms in total. The molecule has 200 valence electrons. The molecule has 0 aliphatic rings. The Labute approximate surface area is 264 Å².